The number of ether oxygens (including phenoxy) is 1. The summed E-state index contributed by atoms with van der Waals surface area (Å²) in [4.78, 5) is 25.1. The van der Waals surface area contributed by atoms with E-state index < -0.39 is 0 Å². The van der Waals surface area contributed by atoms with E-state index in [2.05, 4.69) is 42.0 Å². The molecule has 1 unspecified atom stereocenters. The molecule has 4 aromatic rings. The van der Waals surface area contributed by atoms with Gasteiger partial charge in [0.1, 0.15) is 17.1 Å². The summed E-state index contributed by atoms with van der Waals surface area (Å²) in [6.07, 6.45) is 6.84. The fourth-order valence-electron chi connectivity index (χ4n) is 5.67. The summed E-state index contributed by atoms with van der Waals surface area (Å²) >= 11 is 0. The standard InChI is InChI=1S/C28H35N7O2/c1-5-22-25-12-24(32-35(25)15-18(2)30-22)23-13-27(36)34-16-20(6-7-26(34)31-23)19-8-10-33(11-9-19)21-14-29-28(3,4)37-17-21/h6-7,12-13,15-16,19,21,29H,5,8-11,14,17H2,1-4H3. The molecule has 37 heavy (non-hydrogen) atoms. The van der Waals surface area contributed by atoms with Crippen LogP contribution in [-0.4, -0.2) is 66.9 Å². The van der Waals surface area contributed by atoms with Gasteiger partial charge in [0.15, 0.2) is 0 Å². The van der Waals surface area contributed by atoms with Crippen LogP contribution in [-0.2, 0) is 11.2 Å². The van der Waals surface area contributed by atoms with Gasteiger partial charge in [0.25, 0.3) is 5.56 Å². The number of rotatable bonds is 4. The molecule has 1 atom stereocenters. The summed E-state index contributed by atoms with van der Waals surface area (Å²) in [5, 5.41) is 8.18. The van der Waals surface area contributed by atoms with Gasteiger partial charge in [0.2, 0.25) is 0 Å². The number of likely N-dealkylation sites (tertiary alicyclic amines) is 1. The number of hydrogen-bond acceptors (Lipinski definition) is 7. The highest BCUT2D eigenvalue weighted by Crippen LogP contribution is 2.30. The second kappa shape index (κ2) is 9.31. The van der Waals surface area contributed by atoms with Crippen LogP contribution < -0.4 is 10.9 Å². The van der Waals surface area contributed by atoms with Crippen LogP contribution in [0.5, 0.6) is 0 Å². The minimum absolute atomic E-state index is 0.0885. The summed E-state index contributed by atoms with van der Waals surface area (Å²) in [7, 11) is 0. The van der Waals surface area contributed by atoms with Gasteiger partial charge in [-0.2, -0.15) is 5.10 Å². The van der Waals surface area contributed by atoms with Gasteiger partial charge >= 0.3 is 0 Å². The fourth-order valence-corrected chi connectivity index (χ4v) is 5.67. The van der Waals surface area contributed by atoms with Crippen molar-refractivity contribution < 1.29 is 4.74 Å². The van der Waals surface area contributed by atoms with E-state index >= 15 is 0 Å². The largest absolute Gasteiger partial charge is 0.360 e. The molecule has 0 bridgehead atoms. The highest BCUT2D eigenvalue weighted by atomic mass is 16.5. The van der Waals surface area contributed by atoms with Gasteiger partial charge in [-0.25, -0.2) is 9.50 Å². The van der Waals surface area contributed by atoms with Crippen molar-refractivity contribution >= 4 is 11.2 Å². The molecule has 2 aliphatic rings. The molecule has 2 aliphatic heterocycles. The SMILES string of the molecule is CCc1nc(C)cn2nc(-c3cc(=O)n4cc(C5CCN(C6CNC(C)(C)OC6)CC5)ccc4n3)cc12. The lowest BCUT2D eigenvalue weighted by Crippen LogP contribution is -2.59. The zero-order chi connectivity index (χ0) is 25.7. The first-order chi connectivity index (χ1) is 17.8. The van der Waals surface area contributed by atoms with Gasteiger partial charge in [0, 0.05) is 24.8 Å². The molecule has 0 spiro atoms. The Morgan fingerprint density at radius 3 is 2.65 bits per heavy atom. The lowest BCUT2D eigenvalue weighted by molar-refractivity contribution is -0.104. The van der Waals surface area contributed by atoms with Gasteiger partial charge in [0.05, 0.1) is 35.4 Å². The maximum atomic E-state index is 13.2. The highest BCUT2D eigenvalue weighted by Gasteiger charge is 2.32. The van der Waals surface area contributed by atoms with Crippen molar-refractivity contribution in [1.82, 2.24) is 34.2 Å². The maximum Gasteiger partial charge on any atom is 0.258 e. The molecule has 1 N–H and O–H groups in total. The Bertz CT molecular complexity index is 1500. The Kier molecular flexibility index (Phi) is 6.09. The van der Waals surface area contributed by atoms with Crippen molar-refractivity contribution in [2.75, 3.05) is 26.2 Å². The van der Waals surface area contributed by atoms with Crippen LogP contribution in [0.15, 0.2) is 41.5 Å². The zero-order valence-corrected chi connectivity index (χ0v) is 22.1. The lowest BCUT2D eigenvalue weighted by Gasteiger charge is -2.43. The number of fused-ring (bicyclic) bond motifs is 2. The minimum Gasteiger partial charge on any atom is -0.360 e. The Labute approximate surface area is 216 Å². The van der Waals surface area contributed by atoms with Crippen LogP contribution in [0, 0.1) is 6.92 Å². The molecule has 0 amide bonds. The lowest BCUT2D eigenvalue weighted by atomic mass is 9.89. The summed E-state index contributed by atoms with van der Waals surface area (Å²) in [5.41, 5.74) is 5.63. The molecule has 4 aromatic heterocycles. The topological polar surface area (TPSA) is 89.1 Å². The second-order valence-corrected chi connectivity index (χ2v) is 10.9. The third-order valence-corrected chi connectivity index (χ3v) is 7.85. The van der Waals surface area contributed by atoms with E-state index in [1.807, 2.05) is 36.0 Å². The predicted octanol–water partition coefficient (Wildman–Crippen LogP) is 3.18. The number of aryl methyl sites for hydroxylation is 2. The Hall–Kier alpha value is -3.14. The molecule has 2 saturated heterocycles. The van der Waals surface area contributed by atoms with Crippen molar-refractivity contribution in [3.63, 3.8) is 0 Å². The van der Waals surface area contributed by atoms with Crippen LogP contribution in [0.3, 0.4) is 0 Å². The Morgan fingerprint density at radius 2 is 1.92 bits per heavy atom. The van der Waals surface area contributed by atoms with Gasteiger partial charge in [-0.1, -0.05) is 13.0 Å². The fraction of sp³-hybridized carbons (Fsp3) is 0.500. The van der Waals surface area contributed by atoms with Crippen LogP contribution in [0.2, 0.25) is 0 Å². The summed E-state index contributed by atoms with van der Waals surface area (Å²) < 4.78 is 9.48. The summed E-state index contributed by atoms with van der Waals surface area (Å²) in [5.74, 6) is 0.433. The van der Waals surface area contributed by atoms with Crippen LogP contribution in [0.1, 0.15) is 56.5 Å². The van der Waals surface area contributed by atoms with Crippen molar-refractivity contribution in [3.05, 3.63) is 64.0 Å². The normalized spacial score (nSPS) is 21.1. The molecule has 194 valence electrons. The Morgan fingerprint density at radius 1 is 1.11 bits per heavy atom. The van der Waals surface area contributed by atoms with Crippen LogP contribution >= 0.6 is 0 Å². The average Bonchev–Trinajstić information content (AvgIpc) is 3.32. The van der Waals surface area contributed by atoms with Gasteiger partial charge < -0.3 is 4.74 Å². The first-order valence-corrected chi connectivity index (χ1v) is 13.3. The molecule has 0 saturated carbocycles. The number of pyridine rings is 1. The molecule has 2 fully saturated rings. The summed E-state index contributed by atoms with van der Waals surface area (Å²) in [6, 6.07) is 8.08. The molecule has 6 heterocycles. The number of hydrogen-bond donors (Lipinski definition) is 1. The molecule has 9 nitrogen and oxygen atoms in total. The van der Waals surface area contributed by atoms with Gasteiger partial charge in [-0.15, -0.1) is 0 Å². The average molecular weight is 502 g/mol. The van der Waals surface area contributed by atoms with Crippen LogP contribution in [0.4, 0.5) is 0 Å². The predicted molar refractivity (Wildman–Crippen MR) is 143 cm³/mol. The highest BCUT2D eigenvalue weighted by molar-refractivity contribution is 5.66. The zero-order valence-electron chi connectivity index (χ0n) is 22.1. The molecular weight excluding hydrogens is 466 g/mol. The second-order valence-electron chi connectivity index (χ2n) is 10.9. The molecule has 0 radical (unpaired) electrons. The smallest absolute Gasteiger partial charge is 0.258 e. The number of nitrogens with one attached hydrogen (secondary N) is 1. The number of nitrogens with zero attached hydrogens (tertiary/aromatic N) is 6. The minimum atomic E-state index is -0.235. The van der Waals surface area contributed by atoms with Crippen molar-refractivity contribution in [1.29, 1.82) is 0 Å². The first kappa shape index (κ1) is 24.2. The van der Waals surface area contributed by atoms with Crippen LogP contribution in [0.25, 0.3) is 22.6 Å². The third-order valence-electron chi connectivity index (χ3n) is 7.85. The van der Waals surface area contributed by atoms with Crippen molar-refractivity contribution in [2.24, 2.45) is 0 Å². The van der Waals surface area contributed by atoms with Crippen molar-refractivity contribution in [3.8, 4) is 11.4 Å². The molecule has 0 aliphatic carbocycles. The first-order valence-electron chi connectivity index (χ1n) is 13.3. The van der Waals surface area contributed by atoms with Gasteiger partial charge in [-0.3, -0.25) is 24.4 Å². The third kappa shape index (κ3) is 4.67. The maximum absolute atomic E-state index is 13.2. The molecule has 9 heteroatoms. The van der Waals surface area contributed by atoms with E-state index in [4.69, 9.17) is 14.8 Å². The van der Waals surface area contributed by atoms with E-state index in [1.165, 1.54) is 5.56 Å². The van der Waals surface area contributed by atoms with E-state index in [0.29, 0.717) is 29.0 Å². The number of piperidine rings is 1. The van der Waals surface area contributed by atoms with E-state index in [9.17, 15) is 4.79 Å². The molecule has 6 rings (SSSR count). The van der Waals surface area contributed by atoms with Gasteiger partial charge in [-0.05, 0) is 76.7 Å². The van der Waals surface area contributed by atoms with E-state index in [1.54, 1.807) is 10.5 Å². The number of aromatic nitrogens is 5. The quantitative estimate of drug-likeness (QED) is 0.459. The monoisotopic (exact) mass is 501 g/mol. The molecular formula is C28H35N7O2. The Balaban J connectivity index is 1.21. The van der Waals surface area contributed by atoms with Crippen molar-refractivity contribution in [2.45, 2.75) is 64.6 Å². The van der Waals surface area contributed by atoms with E-state index in [-0.39, 0.29) is 11.3 Å². The molecule has 0 aromatic carbocycles. The summed E-state index contributed by atoms with van der Waals surface area (Å²) in [6.45, 7) is 12.0. The van der Waals surface area contributed by atoms with E-state index in [0.717, 1.165) is 62.4 Å².